The van der Waals surface area contributed by atoms with Gasteiger partial charge in [-0.2, -0.15) is 0 Å². The second kappa shape index (κ2) is 16.7. The first-order valence-corrected chi connectivity index (χ1v) is 16.8. The monoisotopic (exact) mass is 622 g/mol. The van der Waals surface area contributed by atoms with Crippen molar-refractivity contribution in [2.45, 2.75) is 91.9 Å². The van der Waals surface area contributed by atoms with Crippen LogP contribution >= 0.6 is 0 Å². The van der Waals surface area contributed by atoms with E-state index in [1.807, 2.05) is 60.7 Å². The van der Waals surface area contributed by atoms with Crippen LogP contribution in [0.25, 0.3) is 45.8 Å². The van der Waals surface area contributed by atoms with Gasteiger partial charge in [0.2, 0.25) is 11.8 Å². The highest BCUT2D eigenvalue weighted by molar-refractivity contribution is 5.76. The van der Waals surface area contributed by atoms with Crippen molar-refractivity contribution < 1.29 is 18.3 Å². The molecule has 0 radical (unpaired) electrons. The molecule has 0 spiro atoms. The fourth-order valence-corrected chi connectivity index (χ4v) is 5.20. The molecule has 2 heterocycles. The van der Waals surface area contributed by atoms with Gasteiger partial charge in [-0.3, -0.25) is 0 Å². The van der Waals surface area contributed by atoms with Gasteiger partial charge in [-0.15, -0.1) is 20.4 Å². The molecular formula is C38H46N4O4. The molecular weight excluding hydrogens is 576 g/mol. The summed E-state index contributed by atoms with van der Waals surface area (Å²) < 4.78 is 25.3. The number of ether oxygens (including phenoxy) is 2. The van der Waals surface area contributed by atoms with E-state index in [9.17, 15) is 0 Å². The molecule has 2 aromatic heterocycles. The maximum atomic E-state index is 6.42. The fourth-order valence-electron chi connectivity index (χ4n) is 5.20. The summed E-state index contributed by atoms with van der Waals surface area (Å²) in [6.07, 6.45) is 11.3. The Labute approximate surface area is 272 Å². The highest BCUT2D eigenvalue weighted by Crippen LogP contribution is 2.41. The van der Waals surface area contributed by atoms with E-state index in [0.29, 0.717) is 59.4 Å². The Morgan fingerprint density at radius 1 is 0.478 bits per heavy atom. The molecule has 242 valence electrons. The summed E-state index contributed by atoms with van der Waals surface area (Å²) in [6.45, 7) is 9.66. The van der Waals surface area contributed by atoms with E-state index in [4.69, 9.17) is 18.3 Å². The van der Waals surface area contributed by atoms with Crippen molar-refractivity contribution in [2.24, 2.45) is 0 Å². The van der Waals surface area contributed by atoms with Gasteiger partial charge in [0, 0.05) is 11.1 Å². The van der Waals surface area contributed by atoms with Gasteiger partial charge >= 0.3 is 0 Å². The van der Waals surface area contributed by atoms with Crippen LogP contribution in [0.1, 0.15) is 89.2 Å². The lowest BCUT2D eigenvalue weighted by molar-refractivity contribution is 0.297. The minimum absolute atomic E-state index is 0.363. The zero-order chi connectivity index (χ0) is 32.1. The Kier molecular flexibility index (Phi) is 12.0. The molecule has 5 rings (SSSR count). The molecule has 5 aromatic rings. The molecule has 0 unspecified atom stereocenters. The highest BCUT2D eigenvalue weighted by atomic mass is 16.5. The van der Waals surface area contributed by atoms with E-state index >= 15 is 0 Å². The molecule has 0 aliphatic heterocycles. The molecule has 8 heteroatoms. The molecule has 0 bridgehead atoms. The fraction of sp³-hybridized carbons (Fsp3) is 0.421. The molecule has 3 aromatic carbocycles. The molecule has 0 aliphatic carbocycles. The van der Waals surface area contributed by atoms with E-state index in [1.165, 1.54) is 38.5 Å². The summed E-state index contributed by atoms with van der Waals surface area (Å²) in [6, 6.07) is 19.9. The molecule has 8 nitrogen and oxygen atoms in total. The zero-order valence-electron chi connectivity index (χ0n) is 27.7. The summed E-state index contributed by atoms with van der Waals surface area (Å²) in [5, 5.41) is 17.6. The standard InChI is InChI=1S/C38H46N4O4/c1-5-7-9-11-13-23-43-33-25-32(38-42-40-36(46-38)30-21-17-28(4)18-22-30)34(44-24-14-12-10-8-6-2)26-31(33)37-41-39-35(45-37)29-19-15-27(3)16-20-29/h15-22,25-26H,5-14,23-24H2,1-4H3. The summed E-state index contributed by atoms with van der Waals surface area (Å²) in [5.41, 5.74) is 5.38. The first-order valence-electron chi connectivity index (χ1n) is 16.8. The lowest BCUT2D eigenvalue weighted by atomic mass is 10.1. The van der Waals surface area contributed by atoms with Crippen LogP contribution in [0.4, 0.5) is 0 Å². The van der Waals surface area contributed by atoms with E-state index in [0.717, 1.165) is 47.9 Å². The SMILES string of the molecule is CCCCCCCOc1cc(-c2nnc(-c3ccc(C)cc3)o2)c(OCCCCCCC)cc1-c1nnc(-c2ccc(C)cc2)o1. The molecule has 0 saturated carbocycles. The molecule has 0 saturated heterocycles. The van der Waals surface area contributed by atoms with Gasteiger partial charge in [0.05, 0.1) is 24.3 Å². The number of aryl methyl sites for hydroxylation is 2. The van der Waals surface area contributed by atoms with Gasteiger partial charge in [-0.05, 0) is 63.1 Å². The normalized spacial score (nSPS) is 11.2. The van der Waals surface area contributed by atoms with Crippen LogP contribution in [0.3, 0.4) is 0 Å². The van der Waals surface area contributed by atoms with Crippen LogP contribution in [0.15, 0.2) is 69.5 Å². The van der Waals surface area contributed by atoms with Gasteiger partial charge in [0.1, 0.15) is 11.5 Å². The maximum absolute atomic E-state index is 6.42. The van der Waals surface area contributed by atoms with Crippen molar-refractivity contribution in [3.63, 3.8) is 0 Å². The summed E-state index contributed by atoms with van der Waals surface area (Å²) in [5.74, 6) is 2.83. The molecule has 0 fully saturated rings. The molecule has 46 heavy (non-hydrogen) atoms. The van der Waals surface area contributed by atoms with Crippen molar-refractivity contribution in [1.29, 1.82) is 0 Å². The maximum Gasteiger partial charge on any atom is 0.252 e. The Morgan fingerprint density at radius 3 is 1.24 bits per heavy atom. The first kappa shape index (κ1) is 32.9. The van der Waals surface area contributed by atoms with Crippen LogP contribution in [-0.4, -0.2) is 33.6 Å². The number of benzene rings is 3. The average Bonchev–Trinajstić information content (AvgIpc) is 3.76. The van der Waals surface area contributed by atoms with Gasteiger partial charge in [-0.25, -0.2) is 0 Å². The Bertz CT molecular complexity index is 1520. The number of nitrogens with zero attached hydrogens (tertiary/aromatic N) is 4. The van der Waals surface area contributed by atoms with Crippen LogP contribution < -0.4 is 9.47 Å². The van der Waals surface area contributed by atoms with Crippen molar-refractivity contribution in [3.05, 3.63) is 71.8 Å². The largest absolute Gasteiger partial charge is 0.493 e. The van der Waals surface area contributed by atoms with Crippen molar-refractivity contribution in [3.8, 4) is 57.3 Å². The summed E-state index contributed by atoms with van der Waals surface area (Å²) in [7, 11) is 0. The molecule has 0 aliphatic rings. The van der Waals surface area contributed by atoms with Crippen molar-refractivity contribution in [2.75, 3.05) is 13.2 Å². The van der Waals surface area contributed by atoms with Gasteiger partial charge < -0.3 is 18.3 Å². The minimum Gasteiger partial charge on any atom is -0.493 e. The second-order valence-electron chi connectivity index (χ2n) is 11.9. The van der Waals surface area contributed by atoms with E-state index in [2.05, 4.69) is 48.1 Å². The minimum atomic E-state index is 0.363. The average molecular weight is 623 g/mol. The van der Waals surface area contributed by atoms with Gasteiger partial charge in [0.25, 0.3) is 11.8 Å². The number of hydrogen-bond acceptors (Lipinski definition) is 8. The third-order valence-corrected chi connectivity index (χ3v) is 8.00. The van der Waals surface area contributed by atoms with E-state index in [-0.39, 0.29) is 0 Å². The number of aromatic nitrogens is 4. The smallest absolute Gasteiger partial charge is 0.252 e. The predicted octanol–water partition coefficient (Wildman–Crippen LogP) is 10.4. The molecule has 0 amide bonds. The molecule has 0 atom stereocenters. The summed E-state index contributed by atoms with van der Waals surface area (Å²) >= 11 is 0. The zero-order valence-corrected chi connectivity index (χ0v) is 27.7. The lowest BCUT2D eigenvalue weighted by Gasteiger charge is -2.15. The van der Waals surface area contributed by atoms with E-state index in [1.54, 1.807) is 0 Å². The topological polar surface area (TPSA) is 96.3 Å². The van der Waals surface area contributed by atoms with Crippen molar-refractivity contribution in [1.82, 2.24) is 20.4 Å². The van der Waals surface area contributed by atoms with Crippen LogP contribution in [0.5, 0.6) is 11.5 Å². The number of unbranched alkanes of at least 4 members (excludes halogenated alkanes) is 8. The van der Waals surface area contributed by atoms with Crippen molar-refractivity contribution >= 4 is 0 Å². The Hall–Kier alpha value is -4.46. The third-order valence-electron chi connectivity index (χ3n) is 8.00. The second-order valence-corrected chi connectivity index (χ2v) is 11.9. The Balaban J connectivity index is 1.50. The lowest BCUT2D eigenvalue weighted by Crippen LogP contribution is -2.03. The van der Waals surface area contributed by atoms with Gasteiger partial charge in [-0.1, -0.05) is 101 Å². The van der Waals surface area contributed by atoms with Gasteiger partial charge in [0.15, 0.2) is 0 Å². The first-order chi connectivity index (χ1) is 22.6. The summed E-state index contributed by atoms with van der Waals surface area (Å²) in [4.78, 5) is 0. The number of rotatable bonds is 18. The van der Waals surface area contributed by atoms with Crippen LogP contribution in [0.2, 0.25) is 0 Å². The third kappa shape index (κ3) is 8.83. The number of hydrogen-bond donors (Lipinski definition) is 0. The predicted molar refractivity (Wildman–Crippen MR) is 182 cm³/mol. The Morgan fingerprint density at radius 2 is 0.848 bits per heavy atom. The van der Waals surface area contributed by atoms with Crippen LogP contribution in [-0.2, 0) is 0 Å². The molecule has 0 N–H and O–H groups in total. The van der Waals surface area contributed by atoms with E-state index < -0.39 is 0 Å². The highest BCUT2D eigenvalue weighted by Gasteiger charge is 2.23. The quantitative estimate of drug-likeness (QED) is 0.0891. The van der Waals surface area contributed by atoms with Crippen LogP contribution in [0, 0.1) is 13.8 Å².